The number of benzene rings is 3. The fraction of sp³-hybridized carbons (Fsp3) is 0.0435. The lowest BCUT2D eigenvalue weighted by Gasteiger charge is -2.20. The van der Waals surface area contributed by atoms with Crippen LogP contribution < -0.4 is 0 Å². The van der Waals surface area contributed by atoms with E-state index in [1.54, 1.807) is 35.1 Å². The van der Waals surface area contributed by atoms with Gasteiger partial charge in [-0.05, 0) is 65.0 Å². The van der Waals surface area contributed by atoms with E-state index in [1.165, 1.54) is 42.6 Å². The van der Waals surface area contributed by atoms with Crippen LogP contribution in [-0.4, -0.2) is 20.9 Å². The molecule has 0 atom stereocenters. The minimum Gasteiger partial charge on any atom is -0.361 e. The SMILES string of the molecule is Fc1ccc(-n2ncc3cc([C](c4ccc5cc[nH]c5c4)C(F)(F)F)ccc32)cc1. The van der Waals surface area contributed by atoms with Gasteiger partial charge < -0.3 is 4.98 Å². The largest absolute Gasteiger partial charge is 0.403 e. The highest BCUT2D eigenvalue weighted by Gasteiger charge is 2.43. The number of hydrogen-bond acceptors (Lipinski definition) is 1. The molecule has 5 rings (SSSR count). The minimum absolute atomic E-state index is 0.0552. The second kappa shape index (κ2) is 6.73. The summed E-state index contributed by atoms with van der Waals surface area (Å²) in [6.07, 6.45) is -1.34. The third-order valence-electron chi connectivity index (χ3n) is 5.06. The Labute approximate surface area is 168 Å². The Morgan fingerprint density at radius 3 is 2.33 bits per heavy atom. The normalized spacial score (nSPS) is 12.3. The van der Waals surface area contributed by atoms with Crippen LogP contribution in [0.5, 0.6) is 0 Å². The van der Waals surface area contributed by atoms with E-state index in [0.29, 0.717) is 22.1 Å². The number of nitrogens with one attached hydrogen (secondary N) is 1. The first-order chi connectivity index (χ1) is 14.4. The number of halogens is 4. The predicted molar refractivity (Wildman–Crippen MR) is 107 cm³/mol. The zero-order chi connectivity index (χ0) is 20.9. The highest BCUT2D eigenvalue weighted by atomic mass is 19.4. The van der Waals surface area contributed by atoms with E-state index in [9.17, 15) is 17.6 Å². The van der Waals surface area contributed by atoms with Gasteiger partial charge in [-0.2, -0.15) is 18.3 Å². The Hall–Kier alpha value is -3.61. The van der Waals surface area contributed by atoms with E-state index in [2.05, 4.69) is 10.1 Å². The number of alkyl halides is 3. The molecule has 1 radical (unpaired) electrons. The molecule has 0 bridgehead atoms. The number of rotatable bonds is 3. The maximum Gasteiger partial charge on any atom is 0.403 e. The molecule has 2 heterocycles. The maximum atomic E-state index is 14.0. The molecule has 2 aromatic heterocycles. The monoisotopic (exact) mass is 408 g/mol. The molecule has 5 aromatic rings. The molecule has 30 heavy (non-hydrogen) atoms. The van der Waals surface area contributed by atoms with Crippen molar-refractivity contribution < 1.29 is 17.6 Å². The van der Waals surface area contributed by atoms with Crippen molar-refractivity contribution in [3.05, 3.63) is 102 Å². The molecule has 1 N–H and O–H groups in total. The molecule has 0 fully saturated rings. The minimum atomic E-state index is -4.54. The van der Waals surface area contributed by atoms with E-state index >= 15 is 0 Å². The van der Waals surface area contributed by atoms with Gasteiger partial charge in [0, 0.05) is 17.1 Å². The summed E-state index contributed by atoms with van der Waals surface area (Å²) in [5.74, 6) is -1.09. The number of nitrogens with zero attached hydrogens (tertiary/aromatic N) is 2. The van der Waals surface area contributed by atoms with Gasteiger partial charge in [-0.15, -0.1) is 0 Å². The van der Waals surface area contributed by atoms with Crippen LogP contribution in [0.4, 0.5) is 17.6 Å². The summed E-state index contributed by atoms with van der Waals surface area (Å²) in [7, 11) is 0. The standard InChI is InChI=1S/C23H14F4N3/c24-18-4-6-19(7-5-18)30-21-8-3-15(11-17(21)13-29-30)22(23(25,26)27)16-2-1-14-9-10-28-20(14)12-16/h1-13,28H. The van der Waals surface area contributed by atoms with Crippen LogP contribution in [0, 0.1) is 11.7 Å². The first-order valence-corrected chi connectivity index (χ1v) is 9.16. The zero-order valence-corrected chi connectivity index (χ0v) is 15.4. The first kappa shape index (κ1) is 18.4. The van der Waals surface area contributed by atoms with Crippen LogP contribution >= 0.6 is 0 Å². The molecule has 0 aliphatic carbocycles. The van der Waals surface area contributed by atoms with Crippen LogP contribution in [0.1, 0.15) is 11.1 Å². The predicted octanol–water partition coefficient (Wildman–Crippen LogP) is 6.18. The van der Waals surface area contributed by atoms with Crippen molar-refractivity contribution in [3.8, 4) is 5.69 Å². The van der Waals surface area contributed by atoms with Gasteiger partial charge in [-0.3, -0.25) is 0 Å². The average Bonchev–Trinajstić information content (AvgIpc) is 3.34. The molecular formula is C23H14F4N3. The van der Waals surface area contributed by atoms with Crippen LogP contribution in [0.3, 0.4) is 0 Å². The van der Waals surface area contributed by atoms with Crippen LogP contribution in [0.2, 0.25) is 0 Å². The zero-order valence-electron chi connectivity index (χ0n) is 15.4. The molecule has 0 saturated heterocycles. The summed E-state index contributed by atoms with van der Waals surface area (Å²) >= 11 is 0. The molecule has 149 valence electrons. The summed E-state index contributed by atoms with van der Waals surface area (Å²) in [5, 5.41) is 5.66. The molecule has 0 aliphatic heterocycles. The van der Waals surface area contributed by atoms with Crippen molar-refractivity contribution in [1.82, 2.24) is 14.8 Å². The number of aromatic amines is 1. The topological polar surface area (TPSA) is 33.6 Å². The number of fused-ring (bicyclic) bond motifs is 2. The van der Waals surface area contributed by atoms with Gasteiger partial charge in [0.25, 0.3) is 0 Å². The summed E-state index contributed by atoms with van der Waals surface area (Å²) in [4.78, 5) is 2.95. The lowest BCUT2D eigenvalue weighted by Crippen LogP contribution is -2.23. The number of H-pyrrole nitrogens is 1. The maximum absolute atomic E-state index is 14.0. The molecule has 3 nitrogen and oxygen atoms in total. The van der Waals surface area contributed by atoms with Crippen LogP contribution in [0.15, 0.2) is 79.1 Å². The molecule has 3 aromatic carbocycles. The summed E-state index contributed by atoms with van der Waals surface area (Å²) < 4.78 is 56.8. The fourth-order valence-electron chi connectivity index (χ4n) is 3.67. The molecule has 0 saturated carbocycles. The quantitative estimate of drug-likeness (QED) is 0.356. The van der Waals surface area contributed by atoms with E-state index in [0.717, 1.165) is 5.39 Å². The van der Waals surface area contributed by atoms with Gasteiger partial charge >= 0.3 is 6.18 Å². The van der Waals surface area contributed by atoms with Gasteiger partial charge in [0.2, 0.25) is 0 Å². The second-order valence-corrected chi connectivity index (χ2v) is 6.96. The van der Waals surface area contributed by atoms with E-state index in [4.69, 9.17) is 0 Å². The van der Waals surface area contributed by atoms with E-state index in [-0.39, 0.29) is 16.9 Å². The highest BCUT2D eigenvalue weighted by molar-refractivity contribution is 5.83. The molecule has 0 spiro atoms. The van der Waals surface area contributed by atoms with Crippen molar-refractivity contribution in [2.45, 2.75) is 6.18 Å². The summed E-state index contributed by atoms with van der Waals surface area (Å²) in [5.41, 5.74) is 2.03. The second-order valence-electron chi connectivity index (χ2n) is 6.96. The molecule has 0 amide bonds. The van der Waals surface area contributed by atoms with Crippen LogP contribution in [-0.2, 0) is 0 Å². The lowest BCUT2D eigenvalue weighted by atomic mass is 9.89. The van der Waals surface area contributed by atoms with Crippen molar-refractivity contribution in [3.63, 3.8) is 0 Å². The molecule has 0 aliphatic rings. The van der Waals surface area contributed by atoms with Crippen molar-refractivity contribution in [1.29, 1.82) is 0 Å². The van der Waals surface area contributed by atoms with E-state index in [1.807, 2.05) is 6.07 Å². The lowest BCUT2D eigenvalue weighted by molar-refractivity contribution is -0.105. The van der Waals surface area contributed by atoms with Gasteiger partial charge in [0.15, 0.2) is 0 Å². The van der Waals surface area contributed by atoms with Crippen molar-refractivity contribution in [2.24, 2.45) is 0 Å². The molecular weight excluding hydrogens is 394 g/mol. The van der Waals surface area contributed by atoms with Gasteiger partial charge in [0.1, 0.15) is 11.7 Å². The average molecular weight is 408 g/mol. The van der Waals surface area contributed by atoms with Crippen molar-refractivity contribution >= 4 is 21.8 Å². The molecule has 7 heteroatoms. The van der Waals surface area contributed by atoms with Crippen molar-refractivity contribution in [2.75, 3.05) is 0 Å². The number of hydrogen-bond donors (Lipinski definition) is 1. The van der Waals surface area contributed by atoms with E-state index < -0.39 is 12.1 Å². The fourth-order valence-corrected chi connectivity index (χ4v) is 3.67. The summed E-state index contributed by atoms with van der Waals surface area (Å²) in [6.45, 7) is 0. The summed E-state index contributed by atoms with van der Waals surface area (Å²) in [6, 6.07) is 16.7. The Bertz CT molecular complexity index is 1350. The molecule has 0 unspecified atom stereocenters. The van der Waals surface area contributed by atoms with Gasteiger partial charge in [0.05, 0.1) is 17.4 Å². The third-order valence-corrected chi connectivity index (χ3v) is 5.06. The first-order valence-electron chi connectivity index (χ1n) is 9.16. The Morgan fingerprint density at radius 2 is 1.57 bits per heavy atom. The van der Waals surface area contributed by atoms with Gasteiger partial charge in [-0.1, -0.05) is 18.2 Å². The Balaban J connectivity index is 1.61. The smallest absolute Gasteiger partial charge is 0.361 e. The highest BCUT2D eigenvalue weighted by Crippen LogP contribution is 2.40. The van der Waals surface area contributed by atoms with Crippen LogP contribution in [0.25, 0.3) is 27.5 Å². The van der Waals surface area contributed by atoms with Gasteiger partial charge in [-0.25, -0.2) is 9.07 Å². The Morgan fingerprint density at radius 1 is 0.833 bits per heavy atom. The number of aromatic nitrogens is 3. The third kappa shape index (κ3) is 3.12. The Kier molecular flexibility index (Phi) is 4.13.